The molecule has 0 amide bonds. The maximum Gasteiger partial charge on any atom is 0.0568 e. The highest BCUT2D eigenvalue weighted by Gasteiger charge is 2.19. The summed E-state index contributed by atoms with van der Waals surface area (Å²) in [6.07, 6.45) is 5.94. The molecule has 0 saturated carbocycles. The van der Waals surface area contributed by atoms with Crippen molar-refractivity contribution in [3.63, 3.8) is 0 Å². The number of hydrogen-bond donors (Lipinski definition) is 1. The number of nitrogens with one attached hydrogen (secondary N) is 1. The molecule has 2 heterocycles. The molecule has 1 aromatic carbocycles. The number of anilines is 2. The van der Waals surface area contributed by atoms with E-state index in [1.165, 1.54) is 5.69 Å². The molecule has 0 aliphatic carbocycles. The van der Waals surface area contributed by atoms with E-state index in [1.54, 1.807) is 0 Å². The Hall–Kier alpha value is -1.26. The van der Waals surface area contributed by atoms with Gasteiger partial charge in [-0.25, -0.2) is 0 Å². The van der Waals surface area contributed by atoms with Crippen molar-refractivity contribution in [2.75, 3.05) is 23.3 Å². The minimum absolute atomic E-state index is 0.500. The summed E-state index contributed by atoms with van der Waals surface area (Å²) in [6, 6.07) is 10.7. The lowest BCUT2D eigenvalue weighted by molar-refractivity contribution is 0.526. The van der Waals surface area contributed by atoms with Crippen LogP contribution in [0.1, 0.15) is 12.8 Å². The van der Waals surface area contributed by atoms with Crippen LogP contribution in [0.25, 0.3) is 0 Å². The van der Waals surface area contributed by atoms with Crippen molar-refractivity contribution in [1.82, 2.24) is 4.98 Å². The highest BCUT2D eigenvalue weighted by atomic mass is 79.9. The van der Waals surface area contributed by atoms with Gasteiger partial charge in [-0.1, -0.05) is 11.6 Å². The molecule has 1 aliphatic rings. The van der Waals surface area contributed by atoms with Gasteiger partial charge in [0, 0.05) is 47.4 Å². The molecule has 1 aliphatic heterocycles. The third-order valence-electron chi connectivity index (χ3n) is 3.81. The van der Waals surface area contributed by atoms with Crippen LogP contribution in [0.15, 0.2) is 47.2 Å². The average molecular weight is 367 g/mol. The van der Waals surface area contributed by atoms with Crippen LogP contribution < -0.4 is 10.2 Å². The van der Waals surface area contributed by atoms with E-state index < -0.39 is 0 Å². The lowest BCUT2D eigenvalue weighted by atomic mass is 10.0. The number of nitrogens with zero attached hydrogens (tertiary/aromatic N) is 2. The molecule has 3 nitrogen and oxygen atoms in total. The van der Waals surface area contributed by atoms with E-state index in [2.05, 4.69) is 49.3 Å². The van der Waals surface area contributed by atoms with Crippen molar-refractivity contribution in [2.24, 2.45) is 0 Å². The van der Waals surface area contributed by atoms with Crippen LogP contribution in [-0.2, 0) is 0 Å². The summed E-state index contributed by atoms with van der Waals surface area (Å²) < 4.78 is 0.933. The molecule has 2 aromatic rings. The van der Waals surface area contributed by atoms with Gasteiger partial charge in [-0.3, -0.25) is 4.98 Å². The Morgan fingerprint density at radius 1 is 1.14 bits per heavy atom. The first-order valence-electron chi connectivity index (χ1n) is 7.09. The normalized spacial score (nSPS) is 16.0. The van der Waals surface area contributed by atoms with Crippen LogP contribution in [0.4, 0.5) is 11.4 Å². The highest BCUT2D eigenvalue weighted by molar-refractivity contribution is 9.10. The van der Waals surface area contributed by atoms with E-state index in [9.17, 15) is 0 Å². The smallest absolute Gasteiger partial charge is 0.0568 e. The number of aromatic nitrogens is 1. The van der Waals surface area contributed by atoms with Gasteiger partial charge < -0.3 is 10.2 Å². The number of benzene rings is 1. The second-order valence-electron chi connectivity index (χ2n) is 5.24. The Balaban J connectivity index is 1.57. The Morgan fingerprint density at radius 2 is 1.86 bits per heavy atom. The zero-order chi connectivity index (χ0) is 14.7. The summed E-state index contributed by atoms with van der Waals surface area (Å²) in [5.41, 5.74) is 2.35. The summed E-state index contributed by atoms with van der Waals surface area (Å²) >= 11 is 9.55. The molecule has 1 fully saturated rings. The van der Waals surface area contributed by atoms with E-state index in [-0.39, 0.29) is 0 Å². The first kappa shape index (κ1) is 14.7. The molecule has 110 valence electrons. The third kappa shape index (κ3) is 3.69. The minimum Gasteiger partial charge on any atom is -0.382 e. The van der Waals surface area contributed by atoms with Crippen LogP contribution in [0.3, 0.4) is 0 Å². The van der Waals surface area contributed by atoms with Crippen LogP contribution in [0.5, 0.6) is 0 Å². The fourth-order valence-electron chi connectivity index (χ4n) is 2.66. The molecule has 5 heteroatoms. The van der Waals surface area contributed by atoms with Gasteiger partial charge in [0.2, 0.25) is 0 Å². The van der Waals surface area contributed by atoms with E-state index in [0.717, 1.165) is 41.1 Å². The molecule has 0 spiro atoms. The quantitative estimate of drug-likeness (QED) is 0.862. The average Bonchev–Trinajstić information content (AvgIpc) is 2.53. The van der Waals surface area contributed by atoms with Gasteiger partial charge in [0.25, 0.3) is 0 Å². The van der Waals surface area contributed by atoms with Crippen LogP contribution in [0, 0.1) is 0 Å². The SMILES string of the molecule is Clc1cc(NC2CCN(c3ccncc3)CC2)ccc1Br. The second-order valence-corrected chi connectivity index (χ2v) is 6.50. The van der Waals surface area contributed by atoms with Crippen molar-refractivity contribution in [3.05, 3.63) is 52.2 Å². The van der Waals surface area contributed by atoms with E-state index in [4.69, 9.17) is 11.6 Å². The molecule has 3 rings (SSSR count). The van der Waals surface area contributed by atoms with Gasteiger partial charge in [0.15, 0.2) is 0 Å². The summed E-state index contributed by atoms with van der Waals surface area (Å²) in [5.74, 6) is 0. The zero-order valence-electron chi connectivity index (χ0n) is 11.6. The maximum atomic E-state index is 6.13. The Bertz CT molecular complexity index is 598. The maximum absolute atomic E-state index is 6.13. The summed E-state index contributed by atoms with van der Waals surface area (Å²) in [7, 11) is 0. The summed E-state index contributed by atoms with van der Waals surface area (Å²) in [5, 5.41) is 4.32. The Morgan fingerprint density at radius 3 is 2.52 bits per heavy atom. The first-order chi connectivity index (χ1) is 10.2. The van der Waals surface area contributed by atoms with Gasteiger partial charge in [-0.05, 0) is 59.1 Å². The molecule has 1 N–H and O–H groups in total. The largest absolute Gasteiger partial charge is 0.382 e. The van der Waals surface area contributed by atoms with Crippen LogP contribution in [-0.4, -0.2) is 24.1 Å². The third-order valence-corrected chi connectivity index (χ3v) is 5.05. The number of pyridine rings is 1. The van der Waals surface area contributed by atoms with Crippen molar-refractivity contribution >= 4 is 38.9 Å². The summed E-state index contributed by atoms with van der Waals surface area (Å²) in [6.45, 7) is 2.12. The predicted octanol–water partition coefficient (Wildman–Crippen LogP) is 4.58. The van der Waals surface area contributed by atoms with Gasteiger partial charge in [0.1, 0.15) is 0 Å². The fraction of sp³-hybridized carbons (Fsp3) is 0.312. The molecular weight excluding hydrogens is 350 g/mol. The highest BCUT2D eigenvalue weighted by Crippen LogP contribution is 2.27. The zero-order valence-corrected chi connectivity index (χ0v) is 13.9. The molecule has 1 saturated heterocycles. The topological polar surface area (TPSA) is 28.2 Å². The van der Waals surface area contributed by atoms with Crippen molar-refractivity contribution < 1.29 is 0 Å². The molecule has 0 radical (unpaired) electrons. The standard InChI is InChI=1S/C16H17BrClN3/c17-15-2-1-13(11-16(15)18)20-12-5-9-21(10-6-12)14-3-7-19-8-4-14/h1-4,7-8,11-12,20H,5-6,9-10H2. The van der Waals surface area contributed by atoms with Gasteiger partial charge in [-0.15, -0.1) is 0 Å². The van der Waals surface area contributed by atoms with E-state index in [0.29, 0.717) is 6.04 Å². The lowest BCUT2D eigenvalue weighted by Crippen LogP contribution is -2.39. The Labute approximate surface area is 138 Å². The molecule has 0 bridgehead atoms. The minimum atomic E-state index is 0.500. The number of rotatable bonds is 3. The molecule has 0 unspecified atom stereocenters. The molecule has 0 atom stereocenters. The number of piperidine rings is 1. The lowest BCUT2D eigenvalue weighted by Gasteiger charge is -2.34. The van der Waals surface area contributed by atoms with Crippen molar-refractivity contribution in [2.45, 2.75) is 18.9 Å². The van der Waals surface area contributed by atoms with Gasteiger partial charge >= 0.3 is 0 Å². The van der Waals surface area contributed by atoms with Crippen molar-refractivity contribution in [1.29, 1.82) is 0 Å². The first-order valence-corrected chi connectivity index (χ1v) is 8.26. The number of halogens is 2. The molecule has 21 heavy (non-hydrogen) atoms. The van der Waals surface area contributed by atoms with Crippen LogP contribution in [0.2, 0.25) is 5.02 Å². The molecular formula is C16H17BrClN3. The van der Waals surface area contributed by atoms with E-state index >= 15 is 0 Å². The monoisotopic (exact) mass is 365 g/mol. The van der Waals surface area contributed by atoms with Crippen LogP contribution >= 0.6 is 27.5 Å². The fourth-order valence-corrected chi connectivity index (χ4v) is 3.09. The van der Waals surface area contributed by atoms with Crippen molar-refractivity contribution in [3.8, 4) is 0 Å². The van der Waals surface area contributed by atoms with Gasteiger partial charge in [-0.2, -0.15) is 0 Å². The van der Waals surface area contributed by atoms with Gasteiger partial charge in [0.05, 0.1) is 5.02 Å². The van der Waals surface area contributed by atoms with E-state index in [1.807, 2.05) is 24.5 Å². The number of hydrogen-bond acceptors (Lipinski definition) is 3. The second kappa shape index (κ2) is 6.67. The summed E-state index contributed by atoms with van der Waals surface area (Å²) in [4.78, 5) is 6.48. The Kier molecular flexibility index (Phi) is 4.66. The predicted molar refractivity (Wildman–Crippen MR) is 92.2 cm³/mol. The molecule has 1 aromatic heterocycles.